The van der Waals surface area contributed by atoms with Gasteiger partial charge in [-0.05, 0) is 95.3 Å². The number of amides is 1. The van der Waals surface area contributed by atoms with Gasteiger partial charge in [-0.3, -0.25) is 4.79 Å². The molecule has 0 spiro atoms. The molecule has 2 aromatic carbocycles. The minimum Gasteiger partial charge on any atom is -0.494 e. The van der Waals surface area contributed by atoms with Gasteiger partial charge in [0, 0.05) is 45.3 Å². The Morgan fingerprint density at radius 3 is 2.26 bits per heavy atom. The highest BCUT2D eigenvalue weighted by molar-refractivity contribution is 5.95. The Labute approximate surface area is 200 Å². The van der Waals surface area contributed by atoms with Gasteiger partial charge in [0.15, 0.2) is 0 Å². The second-order valence-corrected chi connectivity index (χ2v) is 8.29. The van der Waals surface area contributed by atoms with Gasteiger partial charge in [-0.1, -0.05) is 6.07 Å². The van der Waals surface area contributed by atoms with E-state index in [9.17, 15) is 4.79 Å². The summed E-state index contributed by atoms with van der Waals surface area (Å²) < 4.78 is 9.82. The van der Waals surface area contributed by atoms with Crippen LogP contribution in [0.15, 0.2) is 71.8 Å². The summed E-state index contributed by atoms with van der Waals surface area (Å²) in [6.07, 6.45) is 1.69. The number of benzene rings is 2. The van der Waals surface area contributed by atoms with Crippen LogP contribution < -0.4 is 10.2 Å². The number of nitrogens with zero attached hydrogens (tertiary/aromatic N) is 3. The molecule has 0 atom stereocenters. The molecule has 1 amide bonds. The number of nitrogens with one attached hydrogen (secondary N) is 1. The van der Waals surface area contributed by atoms with Crippen molar-refractivity contribution in [2.75, 3.05) is 6.61 Å². The molecule has 174 valence electrons. The zero-order valence-electron chi connectivity index (χ0n) is 20.3. The number of hydrogen-bond acceptors (Lipinski definition) is 3. The minimum absolute atomic E-state index is 0.249. The summed E-state index contributed by atoms with van der Waals surface area (Å²) in [5.41, 5.74) is 10.5. The van der Waals surface area contributed by atoms with Crippen molar-refractivity contribution in [3.8, 4) is 17.1 Å². The van der Waals surface area contributed by atoms with Crippen molar-refractivity contribution in [1.82, 2.24) is 14.6 Å². The lowest BCUT2D eigenvalue weighted by molar-refractivity contribution is 0.0955. The van der Waals surface area contributed by atoms with Crippen LogP contribution in [0.2, 0.25) is 0 Å². The van der Waals surface area contributed by atoms with Gasteiger partial charge >= 0.3 is 0 Å². The Hall–Kier alpha value is -4.06. The molecule has 4 aromatic rings. The lowest BCUT2D eigenvalue weighted by atomic mass is 10.2. The molecule has 1 N–H and O–H groups in total. The van der Waals surface area contributed by atoms with Crippen LogP contribution in [0.5, 0.6) is 5.75 Å². The van der Waals surface area contributed by atoms with E-state index in [1.165, 1.54) is 0 Å². The number of carbonyl (C=O) groups excluding carboxylic acids is 1. The second kappa shape index (κ2) is 9.83. The van der Waals surface area contributed by atoms with E-state index in [1.54, 1.807) is 12.3 Å². The lowest BCUT2D eigenvalue weighted by Crippen LogP contribution is -2.18. The SMILES string of the molecule is CCOc1ccc(-n2c(C)cc(/C=N\NC(=O)c3cccc(-n4c(C)ccc4C)c3)c2C)cc1. The maximum absolute atomic E-state index is 12.7. The van der Waals surface area contributed by atoms with Gasteiger partial charge < -0.3 is 13.9 Å². The Morgan fingerprint density at radius 1 is 0.882 bits per heavy atom. The highest BCUT2D eigenvalue weighted by Gasteiger charge is 2.11. The third-order valence-corrected chi connectivity index (χ3v) is 5.88. The van der Waals surface area contributed by atoms with E-state index in [0.717, 1.165) is 45.5 Å². The molecule has 4 rings (SSSR count). The van der Waals surface area contributed by atoms with Crippen LogP contribution in [0, 0.1) is 27.7 Å². The Bertz CT molecular complexity index is 1320. The van der Waals surface area contributed by atoms with Crippen molar-refractivity contribution in [2.45, 2.75) is 34.6 Å². The molecule has 6 nitrogen and oxygen atoms in total. The summed E-state index contributed by atoms with van der Waals surface area (Å²) in [5.74, 6) is 0.602. The maximum atomic E-state index is 12.7. The third-order valence-electron chi connectivity index (χ3n) is 5.88. The van der Waals surface area contributed by atoms with Crippen LogP contribution in [-0.2, 0) is 0 Å². The van der Waals surface area contributed by atoms with E-state index >= 15 is 0 Å². The molecule has 2 heterocycles. The molecule has 0 radical (unpaired) electrons. The summed E-state index contributed by atoms with van der Waals surface area (Å²) in [7, 11) is 0. The molecule has 0 unspecified atom stereocenters. The molecule has 0 aliphatic heterocycles. The van der Waals surface area contributed by atoms with Crippen molar-refractivity contribution in [2.24, 2.45) is 5.10 Å². The fourth-order valence-corrected chi connectivity index (χ4v) is 4.26. The number of aromatic nitrogens is 2. The zero-order chi connectivity index (χ0) is 24.2. The predicted molar refractivity (Wildman–Crippen MR) is 137 cm³/mol. The van der Waals surface area contributed by atoms with E-state index < -0.39 is 0 Å². The first-order chi connectivity index (χ1) is 16.4. The van der Waals surface area contributed by atoms with E-state index in [1.807, 2.05) is 70.2 Å². The number of hydrazone groups is 1. The summed E-state index contributed by atoms with van der Waals surface area (Å²) in [4.78, 5) is 12.7. The topological polar surface area (TPSA) is 60.5 Å². The molecule has 0 aliphatic carbocycles. The molecule has 0 saturated carbocycles. The van der Waals surface area contributed by atoms with Gasteiger partial charge in [-0.25, -0.2) is 5.43 Å². The Morgan fingerprint density at radius 2 is 1.59 bits per heavy atom. The van der Waals surface area contributed by atoms with E-state index in [0.29, 0.717) is 12.2 Å². The first-order valence-electron chi connectivity index (χ1n) is 11.4. The van der Waals surface area contributed by atoms with Crippen LogP contribution in [0.1, 0.15) is 45.6 Å². The monoisotopic (exact) mass is 454 g/mol. The molecular formula is C28H30N4O2. The standard InChI is InChI=1S/C28H30N4O2/c1-6-34-27-14-12-25(13-15-27)32-21(4)16-24(22(32)5)18-29-30-28(33)23-8-7-9-26(17-23)31-19(2)10-11-20(31)3/h7-18H,6H2,1-5H3,(H,30,33)/b29-18-. The molecule has 0 fully saturated rings. The normalized spacial score (nSPS) is 11.2. The maximum Gasteiger partial charge on any atom is 0.271 e. The van der Waals surface area contributed by atoms with Crippen molar-refractivity contribution >= 4 is 12.1 Å². The van der Waals surface area contributed by atoms with Gasteiger partial charge in [0.2, 0.25) is 0 Å². The lowest BCUT2D eigenvalue weighted by Gasteiger charge is -2.11. The zero-order valence-corrected chi connectivity index (χ0v) is 20.3. The van der Waals surface area contributed by atoms with E-state index in [4.69, 9.17) is 4.74 Å². The van der Waals surface area contributed by atoms with Gasteiger partial charge in [0.1, 0.15) is 5.75 Å². The molecular weight excluding hydrogens is 424 g/mol. The molecule has 0 bridgehead atoms. The van der Waals surface area contributed by atoms with Crippen molar-refractivity contribution in [3.05, 3.63) is 101 Å². The summed E-state index contributed by atoms with van der Waals surface area (Å²) in [6, 6.07) is 21.7. The number of aryl methyl sites for hydroxylation is 3. The van der Waals surface area contributed by atoms with Crippen LogP contribution in [-0.4, -0.2) is 27.9 Å². The molecule has 34 heavy (non-hydrogen) atoms. The highest BCUT2D eigenvalue weighted by Crippen LogP contribution is 2.22. The summed E-state index contributed by atoms with van der Waals surface area (Å²) >= 11 is 0. The molecule has 0 aliphatic rings. The largest absolute Gasteiger partial charge is 0.494 e. The smallest absolute Gasteiger partial charge is 0.271 e. The minimum atomic E-state index is -0.249. The number of hydrogen-bond donors (Lipinski definition) is 1. The Balaban J connectivity index is 1.49. The average Bonchev–Trinajstić information content (AvgIpc) is 3.31. The first kappa shape index (κ1) is 23.1. The van der Waals surface area contributed by atoms with Gasteiger partial charge in [-0.2, -0.15) is 5.10 Å². The number of rotatable bonds is 7. The van der Waals surface area contributed by atoms with Gasteiger partial charge in [0.05, 0.1) is 12.8 Å². The average molecular weight is 455 g/mol. The molecule has 0 saturated heterocycles. The van der Waals surface area contributed by atoms with Crippen LogP contribution in [0.4, 0.5) is 0 Å². The van der Waals surface area contributed by atoms with Crippen molar-refractivity contribution in [3.63, 3.8) is 0 Å². The van der Waals surface area contributed by atoms with Gasteiger partial charge in [0.25, 0.3) is 5.91 Å². The van der Waals surface area contributed by atoms with Crippen LogP contribution >= 0.6 is 0 Å². The van der Waals surface area contributed by atoms with Crippen LogP contribution in [0.25, 0.3) is 11.4 Å². The second-order valence-electron chi connectivity index (χ2n) is 8.29. The summed E-state index contributed by atoms with van der Waals surface area (Å²) in [5, 5.41) is 4.23. The van der Waals surface area contributed by atoms with Crippen molar-refractivity contribution in [1.29, 1.82) is 0 Å². The molecule has 6 heteroatoms. The Kier molecular flexibility index (Phi) is 6.68. The van der Waals surface area contributed by atoms with E-state index in [2.05, 4.69) is 44.8 Å². The van der Waals surface area contributed by atoms with Gasteiger partial charge in [-0.15, -0.1) is 0 Å². The quantitative estimate of drug-likeness (QED) is 0.289. The van der Waals surface area contributed by atoms with Crippen molar-refractivity contribution < 1.29 is 9.53 Å². The molecule has 2 aromatic heterocycles. The van der Waals surface area contributed by atoms with Crippen LogP contribution in [0.3, 0.4) is 0 Å². The first-order valence-corrected chi connectivity index (χ1v) is 11.4. The summed E-state index contributed by atoms with van der Waals surface area (Å²) in [6.45, 7) is 10.8. The number of carbonyl (C=O) groups is 1. The fourth-order valence-electron chi connectivity index (χ4n) is 4.26. The highest BCUT2D eigenvalue weighted by atomic mass is 16.5. The van der Waals surface area contributed by atoms with E-state index in [-0.39, 0.29) is 5.91 Å². The fraction of sp³-hybridized carbons (Fsp3) is 0.214. The predicted octanol–water partition coefficient (Wildman–Crippen LogP) is 5.66. The third kappa shape index (κ3) is 4.66. The number of ether oxygens (including phenoxy) is 1.